The average Bonchev–Trinajstić information content (AvgIpc) is 3.07. The van der Waals surface area contributed by atoms with Crippen LogP contribution >= 0.6 is 22.9 Å². The minimum absolute atomic E-state index is 0.198. The molecule has 4 rings (SSSR count). The second-order valence-corrected chi connectivity index (χ2v) is 9.40. The molecule has 174 valence electrons. The Kier molecular flexibility index (Phi) is 6.41. The van der Waals surface area contributed by atoms with E-state index in [4.69, 9.17) is 11.6 Å². The fourth-order valence-electron chi connectivity index (χ4n) is 3.62. The molecule has 0 unspecified atom stereocenters. The van der Waals surface area contributed by atoms with E-state index in [1.807, 2.05) is 13.8 Å². The minimum Gasteiger partial charge on any atom is -0.326 e. The number of amides is 2. The predicted octanol–water partition coefficient (Wildman–Crippen LogP) is 4.08. The number of hydrogen-bond donors (Lipinski definition) is 2. The Morgan fingerprint density at radius 3 is 2.26 bits per heavy atom. The van der Waals surface area contributed by atoms with Crippen molar-refractivity contribution in [2.45, 2.75) is 27.3 Å². The highest BCUT2D eigenvalue weighted by Gasteiger charge is 2.21. The third kappa shape index (κ3) is 4.52. The molecule has 0 aliphatic rings. The molecule has 0 aliphatic heterocycles. The van der Waals surface area contributed by atoms with E-state index in [9.17, 15) is 19.2 Å². The summed E-state index contributed by atoms with van der Waals surface area (Å²) in [5.41, 5.74) is 1.12. The Balaban J connectivity index is 1.75. The van der Waals surface area contributed by atoms with Gasteiger partial charge in [0.15, 0.2) is 0 Å². The Hall–Kier alpha value is -3.69. The number of aryl methyl sites for hydroxylation is 2. The highest BCUT2D eigenvalue weighted by molar-refractivity contribution is 7.18. The second kappa shape index (κ2) is 9.28. The molecule has 0 spiro atoms. The van der Waals surface area contributed by atoms with E-state index in [1.165, 1.54) is 28.9 Å². The summed E-state index contributed by atoms with van der Waals surface area (Å²) in [7, 11) is 0. The van der Waals surface area contributed by atoms with Gasteiger partial charge in [-0.2, -0.15) is 0 Å². The first-order valence-electron chi connectivity index (χ1n) is 10.3. The molecule has 2 aromatic carbocycles. The quantitative estimate of drug-likeness (QED) is 0.434. The zero-order chi connectivity index (χ0) is 24.6. The van der Waals surface area contributed by atoms with Crippen LogP contribution in [0.15, 0.2) is 58.1 Å². The largest absolute Gasteiger partial charge is 0.337 e. The summed E-state index contributed by atoms with van der Waals surface area (Å²) in [5, 5.41) is 6.19. The molecule has 4 aromatic rings. The van der Waals surface area contributed by atoms with Crippen molar-refractivity contribution < 1.29 is 9.59 Å². The van der Waals surface area contributed by atoms with Gasteiger partial charge in [-0.15, -0.1) is 11.3 Å². The number of carbonyl (C=O) groups excluding carboxylic acids is 2. The lowest BCUT2D eigenvalue weighted by molar-refractivity contribution is -0.117. The molecule has 10 heteroatoms. The monoisotopic (exact) mass is 496 g/mol. The predicted molar refractivity (Wildman–Crippen MR) is 136 cm³/mol. The van der Waals surface area contributed by atoms with E-state index in [1.54, 1.807) is 42.5 Å². The third-order valence-electron chi connectivity index (χ3n) is 5.31. The van der Waals surface area contributed by atoms with Gasteiger partial charge in [-0.05, 0) is 61.9 Å². The van der Waals surface area contributed by atoms with Gasteiger partial charge in [0.25, 0.3) is 5.56 Å². The lowest BCUT2D eigenvalue weighted by Crippen LogP contribution is -2.40. The van der Waals surface area contributed by atoms with E-state index in [0.29, 0.717) is 32.3 Å². The zero-order valence-corrected chi connectivity index (χ0v) is 20.2. The van der Waals surface area contributed by atoms with Gasteiger partial charge in [0.05, 0.1) is 11.1 Å². The van der Waals surface area contributed by atoms with E-state index in [2.05, 4.69) is 10.6 Å². The van der Waals surface area contributed by atoms with Gasteiger partial charge in [0, 0.05) is 28.2 Å². The molecule has 0 fully saturated rings. The molecule has 2 amide bonds. The number of nitrogens with zero attached hydrogens (tertiary/aromatic N) is 2. The Labute approximate surface area is 203 Å². The van der Waals surface area contributed by atoms with Crippen LogP contribution in [-0.4, -0.2) is 20.9 Å². The molecular weight excluding hydrogens is 476 g/mol. The second-order valence-electron chi connectivity index (χ2n) is 7.76. The summed E-state index contributed by atoms with van der Waals surface area (Å²) >= 11 is 7.40. The van der Waals surface area contributed by atoms with Crippen LogP contribution in [0.4, 0.5) is 11.4 Å². The molecule has 34 heavy (non-hydrogen) atoms. The number of benzene rings is 2. The number of rotatable bonds is 5. The Morgan fingerprint density at radius 2 is 1.65 bits per heavy atom. The van der Waals surface area contributed by atoms with Crippen molar-refractivity contribution in [1.29, 1.82) is 0 Å². The number of carbonyl (C=O) groups is 2. The lowest BCUT2D eigenvalue weighted by atomic mass is 10.2. The van der Waals surface area contributed by atoms with Crippen molar-refractivity contribution in [1.82, 2.24) is 9.13 Å². The van der Waals surface area contributed by atoms with Gasteiger partial charge in [0.1, 0.15) is 11.4 Å². The lowest BCUT2D eigenvalue weighted by Gasteiger charge is -2.13. The van der Waals surface area contributed by atoms with Crippen LogP contribution in [0.1, 0.15) is 17.4 Å². The van der Waals surface area contributed by atoms with Crippen LogP contribution in [0.3, 0.4) is 0 Å². The van der Waals surface area contributed by atoms with Gasteiger partial charge < -0.3 is 10.6 Å². The highest BCUT2D eigenvalue weighted by atomic mass is 35.5. The molecule has 0 aliphatic carbocycles. The average molecular weight is 497 g/mol. The van der Waals surface area contributed by atoms with Crippen LogP contribution in [0.2, 0.25) is 5.02 Å². The van der Waals surface area contributed by atoms with E-state index < -0.39 is 17.2 Å². The summed E-state index contributed by atoms with van der Waals surface area (Å²) < 4.78 is 2.35. The van der Waals surface area contributed by atoms with Crippen LogP contribution in [0, 0.1) is 13.8 Å². The number of aromatic nitrogens is 2. The normalized spacial score (nSPS) is 10.9. The van der Waals surface area contributed by atoms with E-state index in [0.717, 1.165) is 15.0 Å². The number of fused-ring (bicyclic) bond motifs is 1. The van der Waals surface area contributed by atoms with Crippen LogP contribution in [0.5, 0.6) is 0 Å². The number of thiophene rings is 1. The number of halogens is 1. The smallest absolute Gasteiger partial charge is 0.326 e. The molecule has 2 aromatic heterocycles. The van der Waals surface area contributed by atoms with Crippen molar-refractivity contribution >= 4 is 56.3 Å². The van der Waals surface area contributed by atoms with Crippen molar-refractivity contribution in [3.05, 3.63) is 84.8 Å². The fourth-order valence-corrected chi connectivity index (χ4v) is 4.95. The summed E-state index contributed by atoms with van der Waals surface area (Å²) in [6.07, 6.45) is 0. The van der Waals surface area contributed by atoms with Crippen molar-refractivity contribution in [3.8, 4) is 5.69 Å². The van der Waals surface area contributed by atoms with Gasteiger partial charge in [-0.3, -0.25) is 19.0 Å². The van der Waals surface area contributed by atoms with Crippen molar-refractivity contribution in [2.75, 3.05) is 10.6 Å². The minimum atomic E-state index is -0.628. The maximum atomic E-state index is 13.4. The first-order chi connectivity index (χ1) is 16.2. The molecule has 0 radical (unpaired) electrons. The maximum absolute atomic E-state index is 13.4. The summed E-state index contributed by atoms with van der Waals surface area (Å²) in [4.78, 5) is 52.1. The third-order valence-corrected chi connectivity index (χ3v) is 6.77. The standard InChI is InChI=1S/C24H21ClN4O4S/c1-13-14(2)34-23-21(13)22(32)29(19-6-4-5-16(25)11-19)24(33)28(23)12-20(31)27-18-9-7-17(8-10-18)26-15(3)30/h4-11H,12H2,1-3H3,(H,26,30)(H,27,31). The van der Waals surface area contributed by atoms with Gasteiger partial charge >= 0.3 is 5.69 Å². The zero-order valence-electron chi connectivity index (χ0n) is 18.6. The maximum Gasteiger partial charge on any atom is 0.337 e. The number of hydrogen-bond acceptors (Lipinski definition) is 5. The van der Waals surface area contributed by atoms with Crippen molar-refractivity contribution in [3.63, 3.8) is 0 Å². The topological polar surface area (TPSA) is 102 Å². The highest BCUT2D eigenvalue weighted by Crippen LogP contribution is 2.27. The molecule has 0 atom stereocenters. The fraction of sp³-hybridized carbons (Fsp3) is 0.167. The van der Waals surface area contributed by atoms with Crippen LogP contribution < -0.4 is 21.9 Å². The molecule has 2 N–H and O–H groups in total. The molecule has 0 saturated carbocycles. The Morgan fingerprint density at radius 1 is 1.00 bits per heavy atom. The van der Waals surface area contributed by atoms with E-state index >= 15 is 0 Å². The number of nitrogens with one attached hydrogen (secondary N) is 2. The first-order valence-corrected chi connectivity index (χ1v) is 11.5. The first kappa shape index (κ1) is 23.5. The SMILES string of the molecule is CC(=O)Nc1ccc(NC(=O)Cn2c(=O)n(-c3cccc(Cl)c3)c(=O)c3c(C)c(C)sc32)cc1. The summed E-state index contributed by atoms with van der Waals surface area (Å²) in [5.74, 6) is -0.632. The summed E-state index contributed by atoms with van der Waals surface area (Å²) in [6, 6.07) is 13.1. The number of anilines is 2. The van der Waals surface area contributed by atoms with Gasteiger partial charge in [-0.25, -0.2) is 9.36 Å². The van der Waals surface area contributed by atoms with Gasteiger partial charge in [0.2, 0.25) is 11.8 Å². The Bertz CT molecular complexity index is 1550. The van der Waals surface area contributed by atoms with Gasteiger partial charge in [-0.1, -0.05) is 17.7 Å². The molecule has 0 bridgehead atoms. The molecule has 8 nitrogen and oxygen atoms in total. The van der Waals surface area contributed by atoms with Crippen LogP contribution in [0.25, 0.3) is 15.9 Å². The molecule has 0 saturated heterocycles. The summed E-state index contributed by atoms with van der Waals surface area (Å²) in [6.45, 7) is 4.81. The van der Waals surface area contributed by atoms with E-state index in [-0.39, 0.29) is 12.5 Å². The van der Waals surface area contributed by atoms with Crippen molar-refractivity contribution in [2.24, 2.45) is 0 Å². The molecular formula is C24H21ClN4O4S. The molecule has 2 heterocycles. The van der Waals surface area contributed by atoms with Crippen LogP contribution in [-0.2, 0) is 16.1 Å².